The van der Waals surface area contributed by atoms with Crippen LogP contribution < -0.4 is 5.73 Å². The smallest absolute Gasteiger partial charge is 0.244 e. The number of thiocarbonyl (C=S) groups is 1. The van der Waals surface area contributed by atoms with Crippen LogP contribution in [0.1, 0.15) is 25.3 Å². The lowest BCUT2D eigenvalue weighted by Crippen LogP contribution is -2.45. The van der Waals surface area contributed by atoms with Crippen molar-refractivity contribution in [3.63, 3.8) is 0 Å². The Labute approximate surface area is 134 Å². The summed E-state index contributed by atoms with van der Waals surface area (Å²) in [7, 11) is -3.72. The van der Waals surface area contributed by atoms with E-state index in [1.54, 1.807) is 13.0 Å². The maximum absolute atomic E-state index is 12.7. The summed E-state index contributed by atoms with van der Waals surface area (Å²) >= 11 is 10.9. The van der Waals surface area contributed by atoms with Crippen LogP contribution in [0, 0.1) is 0 Å². The van der Waals surface area contributed by atoms with Gasteiger partial charge in [-0.15, -0.1) is 0 Å². The Kier molecular flexibility index (Phi) is 4.60. The first-order valence-corrected chi connectivity index (χ1v) is 8.68. The zero-order chi connectivity index (χ0) is 15.8. The minimum absolute atomic E-state index is 0.00369. The molecule has 0 bridgehead atoms. The number of nitrogens with two attached hydrogens (primary N) is 1. The molecule has 1 aromatic rings. The van der Waals surface area contributed by atoms with E-state index in [4.69, 9.17) is 29.6 Å². The number of halogens is 1. The Hall–Kier alpha value is -0.730. The van der Waals surface area contributed by atoms with E-state index >= 15 is 0 Å². The molecule has 2 rings (SSSR count). The molecule has 1 aromatic carbocycles. The third kappa shape index (κ3) is 3.54. The molecule has 1 saturated heterocycles. The minimum Gasteiger partial charge on any atom is -0.390 e. The summed E-state index contributed by atoms with van der Waals surface area (Å²) in [5.41, 5.74) is 5.17. The second kappa shape index (κ2) is 5.81. The van der Waals surface area contributed by atoms with Crippen LogP contribution in [0.15, 0.2) is 23.1 Å². The van der Waals surface area contributed by atoms with Gasteiger partial charge in [0.1, 0.15) is 9.88 Å². The lowest BCUT2D eigenvalue weighted by atomic mass is 9.95. The van der Waals surface area contributed by atoms with E-state index < -0.39 is 15.6 Å². The first-order valence-electron chi connectivity index (χ1n) is 6.45. The maximum atomic E-state index is 12.7. The van der Waals surface area contributed by atoms with E-state index in [2.05, 4.69) is 0 Å². The molecule has 5 nitrogen and oxygen atoms in total. The number of benzene rings is 1. The number of piperidine rings is 1. The van der Waals surface area contributed by atoms with E-state index in [0.717, 1.165) is 0 Å². The molecular weight excluding hydrogens is 332 g/mol. The number of hydrogen-bond acceptors (Lipinski definition) is 4. The summed E-state index contributed by atoms with van der Waals surface area (Å²) in [6, 6.07) is 4.46. The van der Waals surface area contributed by atoms with Crippen molar-refractivity contribution in [2.75, 3.05) is 13.1 Å². The molecule has 0 spiro atoms. The molecule has 1 heterocycles. The Bertz CT molecular complexity index is 664. The van der Waals surface area contributed by atoms with Gasteiger partial charge in [-0.05, 0) is 31.9 Å². The third-order valence-corrected chi connectivity index (χ3v) is 6.25. The molecule has 0 unspecified atom stereocenters. The molecule has 0 radical (unpaired) electrons. The van der Waals surface area contributed by atoms with Crippen molar-refractivity contribution in [1.82, 2.24) is 4.31 Å². The average Bonchev–Trinajstić information content (AvgIpc) is 2.38. The summed E-state index contributed by atoms with van der Waals surface area (Å²) in [5, 5.41) is 10.1. The van der Waals surface area contributed by atoms with Crippen LogP contribution in [0.2, 0.25) is 5.02 Å². The van der Waals surface area contributed by atoms with Gasteiger partial charge in [-0.3, -0.25) is 0 Å². The van der Waals surface area contributed by atoms with Gasteiger partial charge in [0.05, 0.1) is 10.6 Å². The number of nitrogens with zero attached hydrogens (tertiary/aromatic N) is 1. The molecule has 0 atom stereocenters. The molecule has 3 N–H and O–H groups in total. The van der Waals surface area contributed by atoms with Gasteiger partial charge < -0.3 is 10.8 Å². The van der Waals surface area contributed by atoms with Gasteiger partial charge in [0, 0.05) is 18.7 Å². The molecule has 1 fully saturated rings. The van der Waals surface area contributed by atoms with Gasteiger partial charge in [0.15, 0.2) is 0 Å². The zero-order valence-electron chi connectivity index (χ0n) is 11.5. The van der Waals surface area contributed by atoms with Gasteiger partial charge in [-0.1, -0.05) is 29.9 Å². The number of hydrogen-bond donors (Lipinski definition) is 2. The molecule has 116 valence electrons. The highest BCUT2D eigenvalue weighted by molar-refractivity contribution is 7.89. The van der Waals surface area contributed by atoms with Crippen LogP contribution in [0.4, 0.5) is 0 Å². The molecule has 0 amide bonds. The average molecular weight is 349 g/mol. The van der Waals surface area contributed by atoms with Crippen molar-refractivity contribution >= 4 is 38.8 Å². The van der Waals surface area contributed by atoms with E-state index in [9.17, 15) is 13.5 Å². The lowest BCUT2D eigenvalue weighted by molar-refractivity contribution is 0.0126. The second-order valence-corrected chi connectivity index (χ2v) is 8.16. The highest BCUT2D eigenvalue weighted by Gasteiger charge is 2.35. The quantitative estimate of drug-likeness (QED) is 0.809. The van der Waals surface area contributed by atoms with Crippen LogP contribution in [0.3, 0.4) is 0 Å². The molecule has 1 aliphatic rings. The monoisotopic (exact) mass is 348 g/mol. The molecule has 21 heavy (non-hydrogen) atoms. The topological polar surface area (TPSA) is 83.6 Å². The summed E-state index contributed by atoms with van der Waals surface area (Å²) in [6.07, 6.45) is 0.775. The van der Waals surface area contributed by atoms with E-state index in [0.29, 0.717) is 18.4 Å². The minimum atomic E-state index is -3.72. The summed E-state index contributed by atoms with van der Waals surface area (Å²) in [4.78, 5) is 0.112. The van der Waals surface area contributed by atoms with Crippen LogP contribution in [-0.2, 0) is 10.0 Å². The van der Waals surface area contributed by atoms with E-state index in [1.165, 1.54) is 16.4 Å². The Morgan fingerprint density at radius 3 is 2.52 bits per heavy atom. The summed E-state index contributed by atoms with van der Waals surface area (Å²) < 4.78 is 26.7. The van der Waals surface area contributed by atoms with Crippen molar-refractivity contribution in [2.45, 2.75) is 30.3 Å². The van der Waals surface area contributed by atoms with Gasteiger partial charge >= 0.3 is 0 Å². The molecule has 0 saturated carbocycles. The van der Waals surface area contributed by atoms with Crippen LogP contribution >= 0.6 is 23.8 Å². The maximum Gasteiger partial charge on any atom is 0.244 e. The fourth-order valence-corrected chi connectivity index (χ4v) is 4.27. The first kappa shape index (κ1) is 16.6. The van der Waals surface area contributed by atoms with E-state index in [1.807, 2.05) is 0 Å². The molecule has 1 aliphatic heterocycles. The van der Waals surface area contributed by atoms with Gasteiger partial charge in [-0.2, -0.15) is 4.31 Å². The largest absolute Gasteiger partial charge is 0.390 e. The second-order valence-electron chi connectivity index (χ2n) is 5.41. The fraction of sp³-hybridized carbons (Fsp3) is 0.462. The van der Waals surface area contributed by atoms with Gasteiger partial charge in [0.25, 0.3) is 0 Å². The van der Waals surface area contributed by atoms with Crippen molar-refractivity contribution in [3.8, 4) is 0 Å². The van der Waals surface area contributed by atoms with Crippen LogP contribution in [0.5, 0.6) is 0 Å². The fourth-order valence-electron chi connectivity index (χ4n) is 2.20. The van der Waals surface area contributed by atoms with Crippen molar-refractivity contribution < 1.29 is 13.5 Å². The van der Waals surface area contributed by atoms with E-state index in [-0.39, 0.29) is 28.0 Å². The SMILES string of the molecule is CC1(O)CCN(S(=O)(=O)c2cc(C(N)=S)ccc2Cl)CC1. The number of sulfonamides is 1. The lowest BCUT2D eigenvalue weighted by Gasteiger charge is -2.35. The van der Waals surface area contributed by atoms with Gasteiger partial charge in [-0.25, -0.2) is 8.42 Å². The van der Waals surface area contributed by atoms with Crippen molar-refractivity contribution in [3.05, 3.63) is 28.8 Å². The Morgan fingerprint density at radius 1 is 1.43 bits per heavy atom. The highest BCUT2D eigenvalue weighted by Crippen LogP contribution is 2.30. The highest BCUT2D eigenvalue weighted by atomic mass is 35.5. The van der Waals surface area contributed by atoms with Gasteiger partial charge in [0.2, 0.25) is 10.0 Å². The standard InChI is InChI=1S/C13H17ClN2O3S2/c1-13(17)4-6-16(7-5-13)21(18,19)11-8-9(12(15)20)2-3-10(11)14/h2-3,8,17H,4-7H2,1H3,(H2,15,20). The van der Waals surface area contributed by atoms with Crippen molar-refractivity contribution in [1.29, 1.82) is 0 Å². The summed E-state index contributed by atoms with van der Waals surface area (Å²) in [6.45, 7) is 2.21. The molecule has 0 aromatic heterocycles. The third-order valence-electron chi connectivity index (χ3n) is 3.63. The predicted molar refractivity (Wildman–Crippen MR) is 86.0 cm³/mol. The molecular formula is C13H17ClN2O3S2. The zero-order valence-corrected chi connectivity index (χ0v) is 13.9. The molecule has 8 heteroatoms. The normalized spacial score (nSPS) is 19.4. The molecule has 0 aliphatic carbocycles. The van der Waals surface area contributed by atoms with Crippen LogP contribution in [0.25, 0.3) is 0 Å². The predicted octanol–water partition coefficient (Wildman–Crippen LogP) is 1.51. The number of rotatable bonds is 3. The Balaban J connectivity index is 2.36. The summed E-state index contributed by atoms with van der Waals surface area (Å²) in [5.74, 6) is 0. The number of aliphatic hydroxyl groups is 1. The Morgan fingerprint density at radius 2 is 2.00 bits per heavy atom. The first-order chi connectivity index (χ1) is 9.63. The van der Waals surface area contributed by atoms with Crippen molar-refractivity contribution in [2.24, 2.45) is 5.73 Å². The van der Waals surface area contributed by atoms with Crippen LogP contribution in [-0.4, -0.2) is 41.5 Å².